The quantitative estimate of drug-likeness (QED) is 0.251. The van der Waals surface area contributed by atoms with Gasteiger partial charge in [-0.25, -0.2) is 9.07 Å². The molecule has 11 heteroatoms. The van der Waals surface area contributed by atoms with Crippen LogP contribution in [0.2, 0.25) is 0 Å². The third-order valence-corrected chi connectivity index (χ3v) is 7.28. The highest BCUT2D eigenvalue weighted by molar-refractivity contribution is 6.05. The highest BCUT2D eigenvalue weighted by atomic mass is 19.4. The number of rotatable bonds is 6. The van der Waals surface area contributed by atoms with Crippen molar-refractivity contribution in [3.63, 3.8) is 0 Å². The molecule has 0 aliphatic carbocycles. The molecular formula is C30H24F4N4O3. The highest BCUT2D eigenvalue weighted by Crippen LogP contribution is 2.47. The first-order valence-electron chi connectivity index (χ1n) is 13.0. The number of nitrogens with zero attached hydrogens (tertiary/aromatic N) is 3. The van der Waals surface area contributed by atoms with E-state index in [0.29, 0.717) is 34.9 Å². The van der Waals surface area contributed by atoms with Crippen LogP contribution in [0.5, 0.6) is 0 Å². The van der Waals surface area contributed by atoms with Crippen LogP contribution in [-0.2, 0) is 15.7 Å². The fourth-order valence-corrected chi connectivity index (χ4v) is 5.31. The highest BCUT2D eigenvalue weighted by Gasteiger charge is 2.48. The van der Waals surface area contributed by atoms with Gasteiger partial charge >= 0.3 is 6.18 Å². The molecule has 6 rings (SSSR count). The van der Waals surface area contributed by atoms with Gasteiger partial charge in [0.1, 0.15) is 29.5 Å². The van der Waals surface area contributed by atoms with E-state index >= 15 is 0 Å². The van der Waals surface area contributed by atoms with Crippen molar-refractivity contribution in [2.75, 3.05) is 18.1 Å². The lowest BCUT2D eigenvalue weighted by molar-refractivity contribution is -0.137. The van der Waals surface area contributed by atoms with Crippen LogP contribution in [0.25, 0.3) is 5.69 Å². The number of halogens is 4. The Morgan fingerprint density at radius 3 is 2.39 bits per heavy atom. The lowest BCUT2D eigenvalue weighted by Gasteiger charge is -2.38. The molecule has 2 aliphatic heterocycles. The number of carbonyl (C=O) groups is 2. The number of ether oxygens (including phenoxy) is 1. The van der Waals surface area contributed by atoms with E-state index in [4.69, 9.17) is 9.84 Å². The Morgan fingerprint density at radius 1 is 1.05 bits per heavy atom. The molecular weight excluding hydrogens is 540 g/mol. The molecule has 2 aliphatic rings. The summed E-state index contributed by atoms with van der Waals surface area (Å²) < 4.78 is 61.3. The number of likely N-dealkylation sites (N-methyl/N-ethyl adjacent to an activating group) is 1. The SMILES string of the molecule is CCN1C(=O)[C@@H](NC(=O)c2cccc(C(F)(F)F)c2)[C@H](c2ccc(F)cc2)c2c([C@H]3CO3)nn(-c3ccccc3)c21. The molecule has 3 atom stereocenters. The maximum Gasteiger partial charge on any atom is 0.416 e. The number of nitrogens with one attached hydrogen (secondary N) is 1. The minimum absolute atomic E-state index is 0.224. The summed E-state index contributed by atoms with van der Waals surface area (Å²) in [6.45, 7) is 2.42. The van der Waals surface area contributed by atoms with Gasteiger partial charge in [0.05, 0.1) is 17.9 Å². The van der Waals surface area contributed by atoms with Crippen molar-refractivity contribution >= 4 is 17.6 Å². The molecule has 3 heterocycles. The minimum Gasteiger partial charge on any atom is -0.366 e. The van der Waals surface area contributed by atoms with Crippen LogP contribution >= 0.6 is 0 Å². The summed E-state index contributed by atoms with van der Waals surface area (Å²) in [6.07, 6.45) is -4.99. The van der Waals surface area contributed by atoms with Crippen LogP contribution in [0.4, 0.5) is 23.4 Å². The van der Waals surface area contributed by atoms with Gasteiger partial charge in [-0.2, -0.15) is 18.3 Å². The number of amides is 2. The fourth-order valence-electron chi connectivity index (χ4n) is 5.31. The maximum absolute atomic E-state index is 14.1. The van der Waals surface area contributed by atoms with E-state index in [1.807, 2.05) is 30.3 Å². The monoisotopic (exact) mass is 564 g/mol. The maximum atomic E-state index is 14.1. The van der Waals surface area contributed by atoms with Gasteiger partial charge in [-0.05, 0) is 55.0 Å². The molecule has 7 nitrogen and oxygen atoms in total. The number of anilines is 1. The second-order valence-corrected chi connectivity index (χ2v) is 9.83. The molecule has 1 aromatic heterocycles. The van der Waals surface area contributed by atoms with E-state index in [0.717, 1.165) is 18.2 Å². The van der Waals surface area contributed by atoms with E-state index in [1.165, 1.54) is 35.2 Å². The predicted molar refractivity (Wildman–Crippen MR) is 141 cm³/mol. The van der Waals surface area contributed by atoms with Crippen LogP contribution < -0.4 is 10.2 Å². The predicted octanol–water partition coefficient (Wildman–Crippen LogP) is 5.40. The third-order valence-electron chi connectivity index (χ3n) is 7.28. The molecule has 0 unspecified atom stereocenters. The van der Waals surface area contributed by atoms with Crippen LogP contribution in [0.15, 0.2) is 78.9 Å². The zero-order valence-electron chi connectivity index (χ0n) is 21.7. The standard InChI is InChI=1S/C30H24F4N4O3/c1-2-37-28-24(25(22-16-41-22)36-38(28)21-9-4-3-5-10-21)23(17-11-13-20(31)14-12-17)26(29(37)40)35-27(39)18-7-6-8-19(15-18)30(32,33)34/h3-15,22-23,26H,2,16H2,1H3,(H,35,39)/t22-,23-,26+/m1/s1. The number of aromatic nitrogens is 2. The smallest absolute Gasteiger partial charge is 0.366 e. The number of alkyl halides is 3. The summed E-state index contributed by atoms with van der Waals surface area (Å²) in [5, 5.41) is 7.54. The molecule has 0 saturated carbocycles. The summed E-state index contributed by atoms with van der Waals surface area (Å²) in [7, 11) is 0. The summed E-state index contributed by atoms with van der Waals surface area (Å²) in [6, 6.07) is 17.6. The fraction of sp³-hybridized carbons (Fsp3) is 0.233. The molecule has 210 valence electrons. The summed E-state index contributed by atoms with van der Waals surface area (Å²) in [5.74, 6) is -2.14. The number of hydrogen-bond acceptors (Lipinski definition) is 4. The molecule has 1 saturated heterocycles. The van der Waals surface area contributed by atoms with E-state index in [1.54, 1.807) is 11.6 Å². The van der Waals surface area contributed by atoms with Gasteiger partial charge in [0, 0.05) is 23.6 Å². The van der Waals surface area contributed by atoms with Crippen LogP contribution in [0.1, 0.15) is 51.7 Å². The van der Waals surface area contributed by atoms with Gasteiger partial charge in [0.2, 0.25) is 0 Å². The Morgan fingerprint density at radius 2 is 1.76 bits per heavy atom. The van der Waals surface area contributed by atoms with Crippen molar-refractivity contribution in [1.82, 2.24) is 15.1 Å². The van der Waals surface area contributed by atoms with E-state index in [-0.39, 0.29) is 18.2 Å². The number of hydrogen-bond donors (Lipinski definition) is 1. The van der Waals surface area contributed by atoms with Crippen LogP contribution in [0, 0.1) is 5.82 Å². The Labute approximate surface area is 232 Å². The van der Waals surface area contributed by atoms with E-state index in [2.05, 4.69) is 5.32 Å². The van der Waals surface area contributed by atoms with Crippen LogP contribution in [-0.4, -0.2) is 40.8 Å². The summed E-state index contributed by atoms with van der Waals surface area (Å²) >= 11 is 0. The van der Waals surface area contributed by atoms with Gasteiger partial charge in [-0.3, -0.25) is 14.5 Å². The van der Waals surface area contributed by atoms with Gasteiger partial charge < -0.3 is 10.1 Å². The lowest BCUT2D eigenvalue weighted by atomic mass is 9.80. The van der Waals surface area contributed by atoms with Gasteiger partial charge in [0.25, 0.3) is 11.8 Å². The van der Waals surface area contributed by atoms with Crippen molar-refractivity contribution in [2.24, 2.45) is 0 Å². The third kappa shape index (κ3) is 4.86. The first-order chi connectivity index (χ1) is 19.7. The zero-order valence-corrected chi connectivity index (χ0v) is 21.7. The van der Waals surface area contributed by atoms with Gasteiger partial charge in [-0.15, -0.1) is 0 Å². The largest absolute Gasteiger partial charge is 0.416 e. The average Bonchev–Trinajstić information content (AvgIpc) is 3.74. The van der Waals surface area contributed by atoms with Gasteiger partial charge in [0.15, 0.2) is 0 Å². The molecule has 1 fully saturated rings. The Hall–Kier alpha value is -4.51. The summed E-state index contributed by atoms with van der Waals surface area (Å²) in [5.41, 5.74) is 1.20. The molecule has 4 aromatic rings. The topological polar surface area (TPSA) is 79.8 Å². The van der Waals surface area contributed by atoms with Crippen molar-refractivity contribution in [1.29, 1.82) is 0 Å². The second kappa shape index (κ2) is 10.2. The lowest BCUT2D eigenvalue weighted by Crippen LogP contribution is -2.55. The Balaban J connectivity index is 1.52. The number of epoxide rings is 1. The van der Waals surface area contributed by atoms with Crippen molar-refractivity contribution in [3.8, 4) is 5.69 Å². The Bertz CT molecular complexity index is 1620. The molecule has 0 radical (unpaired) electrons. The summed E-state index contributed by atoms with van der Waals surface area (Å²) in [4.78, 5) is 29.0. The average molecular weight is 565 g/mol. The molecule has 1 N–H and O–H groups in total. The van der Waals surface area contributed by atoms with Gasteiger partial charge in [-0.1, -0.05) is 36.4 Å². The van der Waals surface area contributed by atoms with Crippen LogP contribution in [0.3, 0.4) is 0 Å². The minimum atomic E-state index is -4.65. The molecule has 3 aromatic carbocycles. The molecule has 0 spiro atoms. The van der Waals surface area contributed by atoms with Crippen molar-refractivity contribution in [3.05, 3.63) is 113 Å². The molecule has 41 heavy (non-hydrogen) atoms. The van der Waals surface area contributed by atoms with E-state index in [9.17, 15) is 27.2 Å². The van der Waals surface area contributed by atoms with Crippen molar-refractivity contribution < 1.29 is 31.9 Å². The molecule has 0 bridgehead atoms. The first-order valence-corrected chi connectivity index (χ1v) is 13.0. The Kier molecular flexibility index (Phi) is 6.61. The number of benzene rings is 3. The number of fused-ring (bicyclic) bond motifs is 1. The number of carbonyl (C=O) groups excluding carboxylic acids is 2. The normalized spacial score (nSPS) is 20.1. The number of para-hydroxylation sites is 1. The second-order valence-electron chi connectivity index (χ2n) is 9.83. The zero-order chi connectivity index (χ0) is 28.9. The van der Waals surface area contributed by atoms with E-state index < -0.39 is 41.3 Å². The first kappa shape index (κ1) is 26.7. The van der Waals surface area contributed by atoms with Crippen molar-refractivity contribution in [2.45, 2.75) is 31.2 Å². The molecule has 2 amide bonds.